The fourth-order valence-corrected chi connectivity index (χ4v) is 7.58. The van der Waals surface area contributed by atoms with E-state index < -0.39 is 0 Å². The molecule has 1 aromatic rings. The summed E-state index contributed by atoms with van der Waals surface area (Å²) < 4.78 is 5.07. The van der Waals surface area contributed by atoms with Gasteiger partial charge < -0.3 is 4.74 Å². The van der Waals surface area contributed by atoms with Crippen LogP contribution in [0.15, 0.2) is 30.3 Å². The van der Waals surface area contributed by atoms with Crippen molar-refractivity contribution in [2.24, 2.45) is 46.8 Å². The molecule has 6 bridgehead atoms. The largest absolute Gasteiger partial charge is 0.469 e. The van der Waals surface area contributed by atoms with Crippen LogP contribution in [0.1, 0.15) is 31.7 Å². The fraction of sp³-hybridized carbons (Fsp3) is 0.619. The predicted octanol–water partition coefficient (Wildman–Crippen LogP) is 3.30. The Morgan fingerprint density at radius 1 is 1.12 bits per heavy atom. The van der Waals surface area contributed by atoms with Gasteiger partial charge in [0.25, 0.3) is 0 Å². The molecule has 0 aromatic heterocycles. The summed E-state index contributed by atoms with van der Waals surface area (Å²) in [6.07, 6.45) is 0.913. The summed E-state index contributed by atoms with van der Waals surface area (Å²) in [4.78, 5) is 25.6. The lowest BCUT2D eigenvalue weighted by Gasteiger charge is -2.49. The van der Waals surface area contributed by atoms with E-state index in [-0.39, 0.29) is 35.1 Å². The lowest BCUT2D eigenvalue weighted by atomic mass is 9.54. The van der Waals surface area contributed by atoms with E-state index in [0.29, 0.717) is 29.5 Å². The molecule has 5 aliphatic rings. The summed E-state index contributed by atoms with van der Waals surface area (Å²) in [6.45, 7) is 4.54. The van der Waals surface area contributed by atoms with Crippen molar-refractivity contribution in [3.8, 4) is 0 Å². The normalized spacial score (nSPS) is 46.5. The number of Topliss-reactive ketones (excluding diaryl/α,β-unsaturated/α-hetero) is 1. The molecular weight excluding hydrogens is 300 g/mol. The predicted molar refractivity (Wildman–Crippen MR) is 89.0 cm³/mol. The SMILES string of the molecule is COC(=O)[C@@H]1C[C@@H]2[C@H]3C(c4ccccc4)[C@H]4C(=O)[C@H]3[C@H]1[C@H]2C4(C)C. The van der Waals surface area contributed by atoms with Gasteiger partial charge in [0.1, 0.15) is 5.78 Å². The van der Waals surface area contributed by atoms with E-state index in [9.17, 15) is 9.59 Å². The highest BCUT2D eigenvalue weighted by Crippen LogP contribution is 2.78. The monoisotopic (exact) mass is 324 g/mol. The van der Waals surface area contributed by atoms with Crippen LogP contribution in [0.5, 0.6) is 0 Å². The highest BCUT2D eigenvalue weighted by atomic mass is 16.5. The lowest BCUT2D eigenvalue weighted by molar-refractivity contribution is -0.151. The number of hydrogen-bond donors (Lipinski definition) is 0. The third-order valence-corrected chi connectivity index (χ3v) is 7.95. The van der Waals surface area contributed by atoms with Crippen molar-refractivity contribution < 1.29 is 14.3 Å². The van der Waals surface area contributed by atoms with E-state index in [1.807, 2.05) is 6.07 Å². The Morgan fingerprint density at radius 3 is 2.50 bits per heavy atom. The van der Waals surface area contributed by atoms with Crippen LogP contribution in [-0.2, 0) is 14.3 Å². The van der Waals surface area contributed by atoms with Gasteiger partial charge in [-0.25, -0.2) is 0 Å². The number of carbonyl (C=O) groups is 2. The first-order valence-corrected chi connectivity index (χ1v) is 9.15. The van der Waals surface area contributed by atoms with Gasteiger partial charge in [-0.15, -0.1) is 0 Å². The van der Waals surface area contributed by atoms with Gasteiger partial charge in [-0.3, -0.25) is 9.59 Å². The Labute approximate surface area is 142 Å². The van der Waals surface area contributed by atoms with Crippen LogP contribution in [0, 0.1) is 46.8 Å². The van der Waals surface area contributed by atoms with Crippen LogP contribution < -0.4 is 0 Å². The molecule has 0 amide bonds. The van der Waals surface area contributed by atoms with Crippen molar-refractivity contribution >= 4 is 11.8 Å². The third-order valence-electron chi connectivity index (χ3n) is 7.95. The molecule has 0 spiro atoms. The van der Waals surface area contributed by atoms with Crippen LogP contribution in [0.4, 0.5) is 0 Å². The first-order valence-electron chi connectivity index (χ1n) is 9.15. The molecule has 0 N–H and O–H groups in total. The van der Waals surface area contributed by atoms with E-state index in [2.05, 4.69) is 38.1 Å². The van der Waals surface area contributed by atoms with Gasteiger partial charge in [0.2, 0.25) is 0 Å². The van der Waals surface area contributed by atoms with E-state index >= 15 is 0 Å². The van der Waals surface area contributed by atoms with Gasteiger partial charge in [-0.2, -0.15) is 0 Å². The van der Waals surface area contributed by atoms with Gasteiger partial charge in [0, 0.05) is 11.8 Å². The van der Waals surface area contributed by atoms with Crippen molar-refractivity contribution in [1.29, 1.82) is 0 Å². The van der Waals surface area contributed by atoms with E-state index in [1.54, 1.807) is 0 Å². The average Bonchev–Trinajstić information content (AvgIpc) is 3.18. The van der Waals surface area contributed by atoms with E-state index in [1.165, 1.54) is 12.7 Å². The molecule has 0 heterocycles. The van der Waals surface area contributed by atoms with Gasteiger partial charge in [-0.1, -0.05) is 44.2 Å². The topological polar surface area (TPSA) is 43.4 Å². The number of carbonyl (C=O) groups excluding carboxylic acids is 2. The molecule has 3 heteroatoms. The van der Waals surface area contributed by atoms with Crippen LogP contribution in [-0.4, -0.2) is 18.9 Å². The van der Waals surface area contributed by atoms with Crippen molar-refractivity contribution in [1.82, 2.24) is 0 Å². The van der Waals surface area contributed by atoms with Gasteiger partial charge in [0.15, 0.2) is 0 Å². The second-order valence-electron chi connectivity index (χ2n) is 8.87. The Hall–Kier alpha value is -1.64. The highest BCUT2D eigenvalue weighted by molar-refractivity contribution is 5.92. The Morgan fingerprint density at radius 2 is 1.83 bits per heavy atom. The number of methoxy groups -OCH3 is 1. The minimum absolute atomic E-state index is 0.0286. The quantitative estimate of drug-likeness (QED) is 0.784. The minimum Gasteiger partial charge on any atom is -0.469 e. The molecule has 5 saturated carbocycles. The van der Waals surface area contributed by atoms with Crippen LogP contribution >= 0.6 is 0 Å². The molecule has 1 aromatic carbocycles. The first kappa shape index (κ1) is 14.7. The van der Waals surface area contributed by atoms with Crippen LogP contribution in [0.2, 0.25) is 0 Å². The molecule has 3 nitrogen and oxygen atoms in total. The maximum atomic E-state index is 13.3. The summed E-state index contributed by atoms with van der Waals surface area (Å²) in [5.74, 6) is 2.44. The number of esters is 1. The Bertz CT molecular complexity index is 722. The van der Waals surface area contributed by atoms with Crippen molar-refractivity contribution in [2.75, 3.05) is 7.11 Å². The molecule has 5 aliphatic carbocycles. The number of ether oxygens (including phenoxy) is 1. The summed E-state index contributed by atoms with van der Waals surface area (Å²) in [5.41, 5.74) is 1.29. The molecule has 0 saturated heterocycles. The van der Waals surface area contributed by atoms with Gasteiger partial charge >= 0.3 is 5.97 Å². The minimum atomic E-state index is -0.101. The van der Waals surface area contributed by atoms with Crippen molar-refractivity contribution in [3.63, 3.8) is 0 Å². The lowest BCUT2D eigenvalue weighted by Crippen LogP contribution is -2.48. The van der Waals surface area contributed by atoms with Gasteiger partial charge in [-0.05, 0) is 47.0 Å². The standard InChI is InChI=1S/C21H24O3/c1-21(2)17-11-9-12(20(23)24-3)15(17)16-14(11)13(18(21)19(16)22)10-7-5-4-6-8-10/h4-8,11-18H,9H2,1-3H3/t11-,12-,13?,14+,15+,16-,17+,18+/m1/s1. The molecule has 6 rings (SSSR count). The summed E-state index contributed by atoms with van der Waals surface area (Å²) >= 11 is 0. The second-order valence-corrected chi connectivity index (χ2v) is 8.87. The van der Waals surface area contributed by atoms with Crippen LogP contribution in [0.3, 0.4) is 0 Å². The second kappa shape index (κ2) is 4.50. The molecule has 1 unspecified atom stereocenters. The fourth-order valence-electron chi connectivity index (χ4n) is 7.58. The molecular formula is C21H24O3. The molecule has 0 radical (unpaired) electrons. The average molecular weight is 324 g/mol. The van der Waals surface area contributed by atoms with E-state index in [0.717, 1.165) is 6.42 Å². The Balaban J connectivity index is 1.64. The zero-order valence-corrected chi connectivity index (χ0v) is 14.4. The number of benzene rings is 1. The molecule has 126 valence electrons. The van der Waals surface area contributed by atoms with Crippen LogP contribution in [0.25, 0.3) is 0 Å². The number of rotatable bonds is 2. The summed E-state index contributed by atoms with van der Waals surface area (Å²) in [6, 6.07) is 10.6. The maximum absolute atomic E-state index is 13.3. The van der Waals surface area contributed by atoms with E-state index in [4.69, 9.17) is 4.74 Å². The zero-order chi connectivity index (χ0) is 16.8. The molecule has 24 heavy (non-hydrogen) atoms. The summed E-state index contributed by atoms with van der Waals surface area (Å²) in [5, 5.41) is 0. The first-order chi connectivity index (χ1) is 11.5. The molecule has 8 atom stereocenters. The third kappa shape index (κ3) is 1.46. The number of ketones is 1. The maximum Gasteiger partial charge on any atom is 0.308 e. The smallest absolute Gasteiger partial charge is 0.308 e. The summed E-state index contributed by atoms with van der Waals surface area (Å²) in [7, 11) is 1.48. The zero-order valence-electron chi connectivity index (χ0n) is 14.4. The van der Waals surface area contributed by atoms with Crippen molar-refractivity contribution in [3.05, 3.63) is 35.9 Å². The molecule has 5 fully saturated rings. The number of hydrogen-bond acceptors (Lipinski definition) is 3. The highest BCUT2D eigenvalue weighted by Gasteiger charge is 2.78. The Kier molecular flexibility index (Phi) is 2.75. The van der Waals surface area contributed by atoms with Crippen molar-refractivity contribution in [2.45, 2.75) is 26.2 Å². The molecule has 0 aliphatic heterocycles. The van der Waals surface area contributed by atoms with Gasteiger partial charge in [0.05, 0.1) is 13.0 Å².